The van der Waals surface area contributed by atoms with E-state index in [0.29, 0.717) is 12.8 Å². The van der Waals surface area contributed by atoms with Gasteiger partial charge in [-0.25, -0.2) is 8.42 Å². The molecule has 1 aliphatic heterocycles. The highest BCUT2D eigenvalue weighted by atomic mass is 32.2. The smallest absolute Gasteiger partial charge is 0.270 e. The quantitative estimate of drug-likeness (QED) is 0.630. The van der Waals surface area contributed by atoms with Gasteiger partial charge in [0.25, 0.3) is 17.4 Å². The van der Waals surface area contributed by atoms with E-state index in [1.165, 1.54) is 16.7 Å². The summed E-state index contributed by atoms with van der Waals surface area (Å²) in [6.45, 7) is 8.53. The molecule has 2 aliphatic rings. The molecule has 1 aromatic heterocycles. The topological polar surface area (TPSA) is 106 Å². The minimum Gasteiger partial charge on any atom is -0.348 e. The number of carbonyl (C=O) groups is 2. The Kier molecular flexibility index (Phi) is 6.42. The number of nitrogens with one attached hydrogen (secondary N) is 1. The third-order valence-corrected chi connectivity index (χ3v) is 9.76. The largest absolute Gasteiger partial charge is 0.348 e. The summed E-state index contributed by atoms with van der Waals surface area (Å²) in [6, 6.07) is 10.6. The van der Waals surface area contributed by atoms with Crippen LogP contribution >= 0.6 is 0 Å². The average Bonchev–Trinajstić information content (AvgIpc) is 3.55. The van der Waals surface area contributed by atoms with Crippen LogP contribution < -0.4 is 10.9 Å². The molecule has 0 unspecified atom stereocenters. The van der Waals surface area contributed by atoms with Crippen LogP contribution in [0.5, 0.6) is 0 Å². The summed E-state index contributed by atoms with van der Waals surface area (Å²) in [4.78, 5) is 40.4. The Morgan fingerprint density at radius 3 is 2.29 bits per heavy atom. The van der Waals surface area contributed by atoms with Crippen LogP contribution in [0.4, 0.5) is 0 Å². The number of aryl methyl sites for hydroxylation is 1. The Labute approximate surface area is 206 Å². The number of amides is 2. The maximum absolute atomic E-state index is 13.2. The molecule has 1 aliphatic carbocycles. The van der Waals surface area contributed by atoms with Crippen molar-refractivity contribution in [2.75, 3.05) is 18.8 Å². The molecule has 0 bridgehead atoms. The van der Waals surface area contributed by atoms with Crippen molar-refractivity contribution < 1.29 is 18.0 Å². The summed E-state index contributed by atoms with van der Waals surface area (Å²) in [5.74, 6) is -0.803. The van der Waals surface area contributed by atoms with Crippen LogP contribution in [0.2, 0.25) is 0 Å². The van der Waals surface area contributed by atoms with Crippen LogP contribution in [0, 0.1) is 12.3 Å². The van der Waals surface area contributed by atoms with Gasteiger partial charge < -0.3 is 14.8 Å². The molecule has 0 radical (unpaired) electrons. The van der Waals surface area contributed by atoms with Gasteiger partial charge in [0.05, 0.1) is 10.5 Å². The number of nitrogens with zero attached hydrogens (tertiary/aromatic N) is 2. The number of fused-ring (bicyclic) bond motifs is 1. The molecule has 35 heavy (non-hydrogen) atoms. The van der Waals surface area contributed by atoms with Crippen molar-refractivity contribution in [2.24, 2.45) is 5.41 Å². The second kappa shape index (κ2) is 8.93. The van der Waals surface area contributed by atoms with Crippen LogP contribution in [-0.2, 0) is 22.9 Å². The number of aromatic nitrogens is 1. The minimum absolute atomic E-state index is 0.0199. The standard InChI is InChI=1S/C26H33N3O5S/c1-18-5-7-19(8-6-18)15-27-22(30)20-9-10-21-24(32)28(13-14-29(21)23(20)31)16-26(11-12-26)35(33,34)17-25(2,3)4/h5-10H,11-17H2,1-4H3,(H,27,30). The van der Waals surface area contributed by atoms with E-state index in [1.54, 1.807) is 4.90 Å². The highest BCUT2D eigenvalue weighted by Gasteiger charge is 2.56. The van der Waals surface area contributed by atoms with E-state index in [1.807, 2.05) is 52.0 Å². The predicted molar refractivity (Wildman–Crippen MR) is 134 cm³/mol. The zero-order valence-electron chi connectivity index (χ0n) is 20.8. The van der Waals surface area contributed by atoms with E-state index in [0.717, 1.165) is 11.1 Å². The summed E-state index contributed by atoms with van der Waals surface area (Å²) in [5.41, 5.74) is 1.32. The van der Waals surface area contributed by atoms with Gasteiger partial charge in [0, 0.05) is 26.2 Å². The molecule has 1 fully saturated rings. The van der Waals surface area contributed by atoms with Gasteiger partial charge >= 0.3 is 0 Å². The van der Waals surface area contributed by atoms with E-state index in [2.05, 4.69) is 5.32 Å². The van der Waals surface area contributed by atoms with Gasteiger partial charge in [0.1, 0.15) is 11.3 Å². The normalized spacial score (nSPS) is 17.1. The molecule has 1 aromatic carbocycles. The SMILES string of the molecule is Cc1ccc(CNC(=O)c2ccc3n(c2=O)CCN(CC2(S(=O)(=O)CC(C)(C)C)CC2)C3=O)cc1. The average molecular weight is 500 g/mol. The molecule has 8 nitrogen and oxygen atoms in total. The second-order valence-electron chi connectivity index (χ2n) is 11.0. The Balaban J connectivity index is 1.48. The number of hydrogen-bond donors (Lipinski definition) is 1. The lowest BCUT2D eigenvalue weighted by atomic mass is 10.0. The fraction of sp³-hybridized carbons (Fsp3) is 0.500. The summed E-state index contributed by atoms with van der Waals surface area (Å²) >= 11 is 0. The van der Waals surface area contributed by atoms with E-state index in [9.17, 15) is 22.8 Å². The second-order valence-corrected chi connectivity index (χ2v) is 13.4. The number of pyridine rings is 1. The van der Waals surface area contributed by atoms with Crippen LogP contribution in [0.25, 0.3) is 0 Å². The van der Waals surface area contributed by atoms with E-state index >= 15 is 0 Å². The van der Waals surface area contributed by atoms with Crippen molar-refractivity contribution >= 4 is 21.7 Å². The lowest BCUT2D eigenvalue weighted by Crippen LogP contribution is -2.50. The van der Waals surface area contributed by atoms with Crippen LogP contribution in [0.15, 0.2) is 41.2 Å². The number of carbonyl (C=O) groups excluding carboxylic acids is 2. The Bertz CT molecular complexity index is 1320. The summed E-state index contributed by atoms with van der Waals surface area (Å²) < 4.78 is 26.6. The Morgan fingerprint density at radius 1 is 1.03 bits per heavy atom. The molecule has 2 amide bonds. The molecule has 1 N–H and O–H groups in total. The number of sulfone groups is 1. The summed E-state index contributed by atoms with van der Waals surface area (Å²) in [6.07, 6.45) is 1.09. The van der Waals surface area contributed by atoms with Crippen molar-refractivity contribution in [3.63, 3.8) is 0 Å². The monoisotopic (exact) mass is 499 g/mol. The molecule has 188 valence electrons. The van der Waals surface area contributed by atoms with Gasteiger partial charge in [0.2, 0.25) is 0 Å². The van der Waals surface area contributed by atoms with Crippen LogP contribution in [0.3, 0.4) is 0 Å². The Morgan fingerprint density at radius 2 is 1.69 bits per heavy atom. The fourth-order valence-electron chi connectivity index (χ4n) is 4.56. The highest BCUT2D eigenvalue weighted by Crippen LogP contribution is 2.46. The lowest BCUT2D eigenvalue weighted by Gasteiger charge is -2.33. The molecule has 1 saturated carbocycles. The van der Waals surface area contributed by atoms with Gasteiger partial charge in [-0.2, -0.15) is 0 Å². The molecule has 0 atom stereocenters. The zero-order chi connectivity index (χ0) is 25.6. The lowest BCUT2D eigenvalue weighted by molar-refractivity contribution is 0.0695. The van der Waals surface area contributed by atoms with E-state index in [4.69, 9.17) is 0 Å². The van der Waals surface area contributed by atoms with Crippen molar-refractivity contribution in [1.82, 2.24) is 14.8 Å². The third kappa shape index (κ3) is 5.19. The molecule has 9 heteroatoms. The molecule has 2 heterocycles. The first kappa shape index (κ1) is 25.2. The zero-order valence-corrected chi connectivity index (χ0v) is 21.6. The maximum atomic E-state index is 13.2. The maximum Gasteiger partial charge on any atom is 0.270 e. The minimum atomic E-state index is -3.38. The van der Waals surface area contributed by atoms with Gasteiger partial charge in [0.15, 0.2) is 9.84 Å². The van der Waals surface area contributed by atoms with Crippen molar-refractivity contribution in [3.05, 3.63) is 69.1 Å². The van der Waals surface area contributed by atoms with Gasteiger partial charge in [-0.15, -0.1) is 0 Å². The van der Waals surface area contributed by atoms with Gasteiger partial charge in [-0.1, -0.05) is 50.6 Å². The molecule has 4 rings (SSSR count). The first-order valence-electron chi connectivity index (χ1n) is 11.9. The summed E-state index contributed by atoms with van der Waals surface area (Å²) in [5, 5.41) is 2.76. The molecular weight excluding hydrogens is 466 g/mol. The molecule has 2 aromatic rings. The van der Waals surface area contributed by atoms with Gasteiger partial charge in [-0.05, 0) is 42.9 Å². The van der Waals surface area contributed by atoms with Gasteiger partial charge in [-0.3, -0.25) is 14.4 Å². The molecule has 0 saturated heterocycles. The third-order valence-electron chi connectivity index (χ3n) is 6.66. The number of hydrogen-bond acceptors (Lipinski definition) is 5. The molecular formula is C26H33N3O5S. The highest BCUT2D eigenvalue weighted by molar-refractivity contribution is 7.93. The molecule has 0 spiro atoms. The summed E-state index contributed by atoms with van der Waals surface area (Å²) in [7, 11) is -3.38. The van der Waals surface area contributed by atoms with Crippen molar-refractivity contribution in [1.29, 1.82) is 0 Å². The van der Waals surface area contributed by atoms with Crippen LogP contribution in [-0.4, -0.2) is 53.3 Å². The van der Waals surface area contributed by atoms with Crippen molar-refractivity contribution in [3.8, 4) is 0 Å². The van der Waals surface area contributed by atoms with E-state index < -0.39 is 26.1 Å². The predicted octanol–water partition coefficient (Wildman–Crippen LogP) is 2.54. The van der Waals surface area contributed by atoms with Crippen LogP contribution in [0.1, 0.15) is 65.6 Å². The fourth-order valence-corrected chi connectivity index (χ4v) is 7.08. The number of rotatable bonds is 7. The van der Waals surface area contributed by atoms with Crippen molar-refractivity contribution in [2.45, 2.75) is 58.4 Å². The first-order chi connectivity index (χ1) is 16.3. The number of benzene rings is 1. The Hall–Kier alpha value is -2.94. The van der Waals surface area contributed by atoms with E-state index in [-0.39, 0.29) is 54.5 Å². The first-order valence-corrected chi connectivity index (χ1v) is 13.6.